The highest BCUT2D eigenvalue weighted by molar-refractivity contribution is 6.01. The normalized spacial score (nSPS) is 9.76. The molecule has 0 atom stereocenters. The topological polar surface area (TPSA) is 87.7 Å². The van der Waals surface area contributed by atoms with Gasteiger partial charge in [0.2, 0.25) is 0 Å². The van der Waals surface area contributed by atoms with Crippen LogP contribution in [0.4, 0.5) is 16.2 Å². The number of para-hydroxylation sites is 1. The van der Waals surface area contributed by atoms with Gasteiger partial charge in [-0.25, -0.2) is 9.59 Å². The number of carboxylic acid groups (broad SMARTS) is 1. The molecular formula is C15H14N2O4. The molecule has 0 aliphatic rings. The number of amides is 2. The van der Waals surface area contributed by atoms with Gasteiger partial charge in [0, 0.05) is 5.69 Å². The number of methoxy groups -OCH3 is 1. The number of carboxylic acids is 1. The van der Waals surface area contributed by atoms with E-state index in [2.05, 4.69) is 10.6 Å². The third-order valence-corrected chi connectivity index (χ3v) is 2.73. The van der Waals surface area contributed by atoms with Gasteiger partial charge in [-0.2, -0.15) is 0 Å². The molecule has 2 rings (SSSR count). The van der Waals surface area contributed by atoms with Gasteiger partial charge in [0.25, 0.3) is 0 Å². The molecule has 0 saturated heterocycles. The third kappa shape index (κ3) is 3.73. The Morgan fingerprint density at radius 3 is 2.38 bits per heavy atom. The molecule has 6 heteroatoms. The predicted molar refractivity (Wildman–Crippen MR) is 79.0 cm³/mol. The van der Waals surface area contributed by atoms with E-state index in [-0.39, 0.29) is 11.3 Å². The van der Waals surface area contributed by atoms with Gasteiger partial charge >= 0.3 is 12.0 Å². The molecule has 0 heterocycles. The van der Waals surface area contributed by atoms with Crippen molar-refractivity contribution < 1.29 is 19.4 Å². The number of hydrogen-bond acceptors (Lipinski definition) is 3. The van der Waals surface area contributed by atoms with Crippen LogP contribution in [0.5, 0.6) is 5.75 Å². The smallest absolute Gasteiger partial charge is 0.335 e. The fraction of sp³-hybridized carbons (Fsp3) is 0.0667. The van der Waals surface area contributed by atoms with Crippen molar-refractivity contribution in [3.8, 4) is 5.75 Å². The minimum Gasteiger partial charge on any atom is -0.495 e. The second-order valence-electron chi connectivity index (χ2n) is 4.17. The van der Waals surface area contributed by atoms with E-state index in [0.29, 0.717) is 11.4 Å². The summed E-state index contributed by atoms with van der Waals surface area (Å²) in [5, 5.41) is 14.2. The van der Waals surface area contributed by atoms with E-state index in [0.717, 1.165) is 0 Å². The van der Waals surface area contributed by atoms with Crippen molar-refractivity contribution in [2.24, 2.45) is 0 Å². The van der Waals surface area contributed by atoms with Crippen LogP contribution in [0.3, 0.4) is 0 Å². The molecule has 0 fully saturated rings. The minimum absolute atomic E-state index is 0.0609. The Morgan fingerprint density at radius 1 is 1.05 bits per heavy atom. The second-order valence-corrected chi connectivity index (χ2v) is 4.17. The fourth-order valence-electron chi connectivity index (χ4n) is 1.74. The van der Waals surface area contributed by atoms with E-state index in [1.54, 1.807) is 24.3 Å². The zero-order valence-corrected chi connectivity index (χ0v) is 11.3. The molecule has 0 aromatic heterocycles. The van der Waals surface area contributed by atoms with Crippen LogP contribution in [0.2, 0.25) is 0 Å². The summed E-state index contributed by atoms with van der Waals surface area (Å²) in [6, 6.07) is 12.6. The van der Waals surface area contributed by atoms with E-state index in [1.165, 1.54) is 25.3 Å². The van der Waals surface area contributed by atoms with Crippen LogP contribution in [0, 0.1) is 0 Å². The largest absolute Gasteiger partial charge is 0.495 e. The maximum atomic E-state index is 11.9. The summed E-state index contributed by atoms with van der Waals surface area (Å²) in [5.41, 5.74) is 0.972. The fourth-order valence-corrected chi connectivity index (χ4v) is 1.74. The van der Waals surface area contributed by atoms with E-state index >= 15 is 0 Å². The summed E-state index contributed by atoms with van der Waals surface area (Å²) in [7, 11) is 1.44. The molecule has 2 amide bonds. The standard InChI is InChI=1S/C15H14N2O4/c1-21-13-8-7-10(14(18)19)9-12(13)17-15(20)16-11-5-3-2-4-6-11/h2-9H,1H3,(H,18,19)(H2,16,17,20). The van der Waals surface area contributed by atoms with Crippen LogP contribution < -0.4 is 15.4 Å². The third-order valence-electron chi connectivity index (χ3n) is 2.73. The van der Waals surface area contributed by atoms with E-state index in [4.69, 9.17) is 9.84 Å². The van der Waals surface area contributed by atoms with Crippen molar-refractivity contribution in [3.63, 3.8) is 0 Å². The van der Waals surface area contributed by atoms with E-state index in [9.17, 15) is 9.59 Å². The number of carbonyl (C=O) groups is 2. The number of carbonyl (C=O) groups excluding carboxylic acids is 1. The molecule has 2 aromatic carbocycles. The number of aromatic carboxylic acids is 1. The monoisotopic (exact) mass is 286 g/mol. The maximum Gasteiger partial charge on any atom is 0.335 e. The van der Waals surface area contributed by atoms with Crippen molar-refractivity contribution in [2.45, 2.75) is 0 Å². The Balaban J connectivity index is 2.16. The highest BCUT2D eigenvalue weighted by Crippen LogP contribution is 2.25. The first kappa shape index (κ1) is 14.4. The van der Waals surface area contributed by atoms with Gasteiger partial charge in [0.15, 0.2) is 0 Å². The van der Waals surface area contributed by atoms with Crippen molar-refractivity contribution in [2.75, 3.05) is 17.7 Å². The van der Waals surface area contributed by atoms with Gasteiger partial charge in [0.05, 0.1) is 18.4 Å². The summed E-state index contributed by atoms with van der Waals surface area (Å²) in [6.07, 6.45) is 0. The molecular weight excluding hydrogens is 272 g/mol. The first-order chi connectivity index (χ1) is 10.1. The SMILES string of the molecule is COc1ccc(C(=O)O)cc1NC(=O)Nc1ccccc1. The lowest BCUT2D eigenvalue weighted by atomic mass is 10.2. The van der Waals surface area contributed by atoms with Gasteiger partial charge < -0.3 is 20.5 Å². The number of benzene rings is 2. The molecule has 0 saturated carbocycles. The van der Waals surface area contributed by atoms with Crippen LogP contribution in [-0.2, 0) is 0 Å². The average Bonchev–Trinajstić information content (AvgIpc) is 2.48. The average molecular weight is 286 g/mol. The molecule has 3 N–H and O–H groups in total. The number of urea groups is 1. The molecule has 0 spiro atoms. The van der Waals surface area contributed by atoms with Crippen molar-refractivity contribution in [3.05, 3.63) is 54.1 Å². The molecule has 0 bridgehead atoms. The van der Waals surface area contributed by atoms with Crippen molar-refractivity contribution in [1.82, 2.24) is 0 Å². The van der Waals surface area contributed by atoms with Crippen LogP contribution in [0.15, 0.2) is 48.5 Å². The molecule has 0 unspecified atom stereocenters. The molecule has 0 radical (unpaired) electrons. The van der Waals surface area contributed by atoms with E-state index < -0.39 is 12.0 Å². The summed E-state index contributed by atoms with van der Waals surface area (Å²) >= 11 is 0. The van der Waals surface area contributed by atoms with Gasteiger partial charge in [-0.3, -0.25) is 0 Å². The van der Waals surface area contributed by atoms with Gasteiger partial charge in [0.1, 0.15) is 5.75 Å². The predicted octanol–water partition coefficient (Wildman–Crippen LogP) is 3.04. The number of nitrogens with one attached hydrogen (secondary N) is 2. The lowest BCUT2D eigenvalue weighted by Gasteiger charge is -2.12. The number of hydrogen-bond donors (Lipinski definition) is 3. The van der Waals surface area contributed by atoms with Crippen LogP contribution in [-0.4, -0.2) is 24.2 Å². The second kappa shape index (κ2) is 6.42. The summed E-state index contributed by atoms with van der Waals surface area (Å²) in [4.78, 5) is 22.9. The Kier molecular flexibility index (Phi) is 4.40. The van der Waals surface area contributed by atoms with Crippen LogP contribution in [0.25, 0.3) is 0 Å². The zero-order valence-electron chi connectivity index (χ0n) is 11.3. The maximum absolute atomic E-state index is 11.9. The molecule has 2 aromatic rings. The molecule has 6 nitrogen and oxygen atoms in total. The molecule has 21 heavy (non-hydrogen) atoms. The summed E-state index contributed by atoms with van der Waals surface area (Å²) < 4.78 is 5.10. The highest BCUT2D eigenvalue weighted by atomic mass is 16.5. The van der Waals surface area contributed by atoms with Gasteiger partial charge in [-0.05, 0) is 30.3 Å². The van der Waals surface area contributed by atoms with Crippen LogP contribution in [0.1, 0.15) is 10.4 Å². The molecule has 0 aliphatic carbocycles. The quantitative estimate of drug-likeness (QED) is 0.806. The zero-order chi connectivity index (χ0) is 15.2. The lowest BCUT2D eigenvalue weighted by molar-refractivity contribution is 0.0697. The molecule has 0 aliphatic heterocycles. The van der Waals surface area contributed by atoms with Gasteiger partial charge in [-0.15, -0.1) is 0 Å². The minimum atomic E-state index is -1.08. The first-order valence-corrected chi connectivity index (χ1v) is 6.14. The van der Waals surface area contributed by atoms with Crippen molar-refractivity contribution in [1.29, 1.82) is 0 Å². The lowest BCUT2D eigenvalue weighted by Crippen LogP contribution is -2.20. The summed E-state index contributed by atoms with van der Waals surface area (Å²) in [5.74, 6) is -0.701. The van der Waals surface area contributed by atoms with E-state index in [1.807, 2.05) is 6.07 Å². The number of ether oxygens (including phenoxy) is 1. The number of anilines is 2. The molecule has 108 valence electrons. The highest BCUT2D eigenvalue weighted by Gasteiger charge is 2.11. The van der Waals surface area contributed by atoms with Crippen molar-refractivity contribution >= 4 is 23.4 Å². The Bertz CT molecular complexity index is 656. The van der Waals surface area contributed by atoms with Gasteiger partial charge in [-0.1, -0.05) is 18.2 Å². The Hall–Kier alpha value is -3.02. The summed E-state index contributed by atoms with van der Waals surface area (Å²) in [6.45, 7) is 0. The van der Waals surface area contributed by atoms with Crippen LogP contribution >= 0.6 is 0 Å². The Morgan fingerprint density at radius 2 is 1.76 bits per heavy atom. The first-order valence-electron chi connectivity index (χ1n) is 6.14. The number of rotatable bonds is 4. The Labute approximate surface area is 121 Å².